The molecule has 7 heteroatoms. The zero-order valence-corrected chi connectivity index (χ0v) is 14.9. The third-order valence-corrected chi connectivity index (χ3v) is 5.21. The number of fused-ring (bicyclic) bond motifs is 1. The van der Waals surface area contributed by atoms with E-state index in [1.54, 1.807) is 19.3 Å². The van der Waals surface area contributed by atoms with Gasteiger partial charge in [-0.15, -0.1) is 11.3 Å². The Hall–Kier alpha value is -2.15. The Bertz CT molecular complexity index is 776. The number of nitrogens with one attached hydrogen (secondary N) is 1. The van der Waals surface area contributed by atoms with Gasteiger partial charge in [-0.1, -0.05) is 0 Å². The number of hydrogen-bond donors (Lipinski definition) is 1. The molecule has 1 amide bonds. The Morgan fingerprint density at radius 2 is 2.08 bits per heavy atom. The highest BCUT2D eigenvalue weighted by Gasteiger charge is 2.28. The second kappa shape index (κ2) is 6.76. The molecule has 2 aromatic heterocycles. The molecule has 24 heavy (non-hydrogen) atoms. The summed E-state index contributed by atoms with van der Waals surface area (Å²) >= 11 is 1.49. The summed E-state index contributed by atoms with van der Waals surface area (Å²) in [5, 5.41) is 7.47. The smallest absolute Gasteiger partial charge is 0.341 e. The van der Waals surface area contributed by atoms with Crippen LogP contribution in [0.2, 0.25) is 0 Å². The van der Waals surface area contributed by atoms with Crippen LogP contribution >= 0.6 is 11.3 Å². The highest BCUT2D eigenvalue weighted by Crippen LogP contribution is 2.38. The number of rotatable bonds is 4. The van der Waals surface area contributed by atoms with Gasteiger partial charge in [-0.2, -0.15) is 5.10 Å². The van der Waals surface area contributed by atoms with E-state index in [1.165, 1.54) is 20.9 Å². The molecule has 0 spiro atoms. The summed E-state index contributed by atoms with van der Waals surface area (Å²) < 4.78 is 6.91. The van der Waals surface area contributed by atoms with Gasteiger partial charge >= 0.3 is 5.97 Å². The Morgan fingerprint density at radius 3 is 2.75 bits per heavy atom. The van der Waals surface area contributed by atoms with E-state index in [0.29, 0.717) is 16.3 Å². The van der Waals surface area contributed by atoms with Crippen molar-refractivity contribution in [3.63, 3.8) is 0 Å². The Kier molecular flexibility index (Phi) is 4.71. The summed E-state index contributed by atoms with van der Waals surface area (Å²) in [7, 11) is 1.71. The number of aromatic nitrogens is 2. The summed E-state index contributed by atoms with van der Waals surface area (Å²) in [6.45, 7) is 3.65. The van der Waals surface area contributed by atoms with Crippen LogP contribution < -0.4 is 5.32 Å². The summed E-state index contributed by atoms with van der Waals surface area (Å²) in [4.78, 5) is 26.2. The Balaban J connectivity index is 1.94. The number of nitrogens with zero attached hydrogens (tertiary/aromatic N) is 2. The molecule has 1 aliphatic rings. The first-order valence-corrected chi connectivity index (χ1v) is 8.94. The van der Waals surface area contributed by atoms with Gasteiger partial charge in [-0.3, -0.25) is 9.48 Å². The van der Waals surface area contributed by atoms with Gasteiger partial charge in [0.15, 0.2) is 0 Å². The number of thiophene rings is 1. The molecule has 0 aliphatic heterocycles. The fourth-order valence-corrected chi connectivity index (χ4v) is 4.18. The molecule has 0 radical (unpaired) electrons. The molecule has 0 aromatic carbocycles. The van der Waals surface area contributed by atoms with Crippen LogP contribution in [0.5, 0.6) is 0 Å². The van der Waals surface area contributed by atoms with Crippen LogP contribution in [0.15, 0.2) is 12.3 Å². The lowest BCUT2D eigenvalue weighted by Gasteiger charge is -2.14. The van der Waals surface area contributed by atoms with E-state index in [0.717, 1.165) is 31.2 Å². The number of anilines is 1. The van der Waals surface area contributed by atoms with Crippen LogP contribution in [0.1, 0.15) is 58.0 Å². The molecule has 3 rings (SSSR count). The van der Waals surface area contributed by atoms with Crippen molar-refractivity contribution in [2.45, 2.75) is 45.6 Å². The minimum absolute atomic E-state index is 0.197. The van der Waals surface area contributed by atoms with Crippen molar-refractivity contribution in [1.82, 2.24) is 9.78 Å². The summed E-state index contributed by atoms with van der Waals surface area (Å²) in [6.07, 6.45) is 5.35. The minimum atomic E-state index is -0.357. The molecule has 1 N–H and O–H groups in total. The van der Waals surface area contributed by atoms with Crippen molar-refractivity contribution >= 4 is 28.2 Å². The second-order valence-corrected chi connectivity index (χ2v) is 7.27. The van der Waals surface area contributed by atoms with E-state index in [4.69, 9.17) is 4.74 Å². The SMILES string of the molecule is CC(C)OC(=O)c1c(NC(=O)c2ccnn2C)sc2c1CCCC2. The van der Waals surface area contributed by atoms with Gasteiger partial charge in [0.2, 0.25) is 0 Å². The molecule has 0 saturated heterocycles. The molecule has 6 nitrogen and oxygen atoms in total. The molecule has 2 heterocycles. The number of carbonyl (C=O) groups excluding carboxylic acids is 2. The van der Waals surface area contributed by atoms with Crippen LogP contribution in [0.4, 0.5) is 5.00 Å². The maximum absolute atomic E-state index is 12.6. The first-order valence-electron chi connectivity index (χ1n) is 8.12. The van der Waals surface area contributed by atoms with Gasteiger partial charge in [0, 0.05) is 18.1 Å². The number of hydrogen-bond acceptors (Lipinski definition) is 5. The fourth-order valence-electron chi connectivity index (χ4n) is 2.91. The van der Waals surface area contributed by atoms with Crippen LogP contribution in [-0.4, -0.2) is 27.8 Å². The zero-order chi connectivity index (χ0) is 17.3. The minimum Gasteiger partial charge on any atom is -0.459 e. The van der Waals surface area contributed by atoms with Crippen molar-refractivity contribution in [1.29, 1.82) is 0 Å². The van der Waals surface area contributed by atoms with Gasteiger partial charge in [0.1, 0.15) is 10.7 Å². The molecule has 0 atom stereocenters. The molecule has 0 fully saturated rings. The number of ether oxygens (including phenoxy) is 1. The summed E-state index contributed by atoms with van der Waals surface area (Å²) in [5.74, 6) is -0.628. The normalized spacial score (nSPS) is 13.7. The van der Waals surface area contributed by atoms with E-state index in [2.05, 4.69) is 10.4 Å². The first kappa shape index (κ1) is 16.7. The quantitative estimate of drug-likeness (QED) is 0.862. The Morgan fingerprint density at radius 1 is 1.33 bits per heavy atom. The molecule has 0 bridgehead atoms. The molecule has 0 saturated carbocycles. The van der Waals surface area contributed by atoms with Crippen LogP contribution in [0.3, 0.4) is 0 Å². The fraction of sp³-hybridized carbons (Fsp3) is 0.471. The maximum atomic E-state index is 12.6. The second-order valence-electron chi connectivity index (χ2n) is 6.16. The van der Waals surface area contributed by atoms with Crippen molar-refractivity contribution in [3.8, 4) is 0 Å². The average Bonchev–Trinajstić information content (AvgIpc) is 3.09. The predicted octanol–water partition coefficient (Wildman–Crippen LogP) is 3.18. The van der Waals surface area contributed by atoms with E-state index in [9.17, 15) is 9.59 Å². The number of carbonyl (C=O) groups is 2. The first-order chi connectivity index (χ1) is 11.5. The molecule has 128 valence electrons. The van der Waals surface area contributed by atoms with Crippen LogP contribution in [0.25, 0.3) is 0 Å². The van der Waals surface area contributed by atoms with E-state index < -0.39 is 0 Å². The Labute approximate surface area is 144 Å². The monoisotopic (exact) mass is 347 g/mol. The zero-order valence-electron chi connectivity index (χ0n) is 14.1. The molecule has 0 unspecified atom stereocenters. The highest BCUT2D eigenvalue weighted by molar-refractivity contribution is 7.17. The predicted molar refractivity (Wildman–Crippen MR) is 92.7 cm³/mol. The van der Waals surface area contributed by atoms with E-state index >= 15 is 0 Å². The standard InChI is InChI=1S/C17H21N3O3S/c1-10(2)23-17(22)14-11-6-4-5-7-13(11)24-16(14)19-15(21)12-8-9-18-20(12)3/h8-10H,4-7H2,1-3H3,(H,19,21). The molecule has 1 aliphatic carbocycles. The highest BCUT2D eigenvalue weighted by atomic mass is 32.1. The summed E-state index contributed by atoms with van der Waals surface area (Å²) in [6, 6.07) is 1.65. The van der Waals surface area contributed by atoms with E-state index in [-0.39, 0.29) is 18.0 Å². The largest absolute Gasteiger partial charge is 0.459 e. The van der Waals surface area contributed by atoms with Crippen LogP contribution in [0, 0.1) is 0 Å². The molecule has 2 aromatic rings. The van der Waals surface area contributed by atoms with Gasteiger partial charge < -0.3 is 10.1 Å². The van der Waals surface area contributed by atoms with Crippen molar-refractivity contribution in [3.05, 3.63) is 34.0 Å². The van der Waals surface area contributed by atoms with Gasteiger partial charge in [-0.25, -0.2) is 4.79 Å². The van der Waals surface area contributed by atoms with Gasteiger partial charge in [-0.05, 0) is 51.2 Å². The van der Waals surface area contributed by atoms with Crippen molar-refractivity contribution < 1.29 is 14.3 Å². The number of esters is 1. The number of aryl methyl sites for hydroxylation is 2. The average molecular weight is 347 g/mol. The van der Waals surface area contributed by atoms with Gasteiger partial charge in [0.05, 0.1) is 11.7 Å². The topological polar surface area (TPSA) is 73.2 Å². The van der Waals surface area contributed by atoms with Crippen molar-refractivity contribution in [2.75, 3.05) is 5.32 Å². The third kappa shape index (κ3) is 3.21. The molecular formula is C17H21N3O3S. The van der Waals surface area contributed by atoms with Gasteiger partial charge in [0.25, 0.3) is 5.91 Å². The maximum Gasteiger partial charge on any atom is 0.341 e. The van der Waals surface area contributed by atoms with Crippen LogP contribution in [-0.2, 0) is 24.6 Å². The lowest BCUT2D eigenvalue weighted by Crippen LogP contribution is -2.19. The third-order valence-electron chi connectivity index (χ3n) is 4.00. The van der Waals surface area contributed by atoms with E-state index in [1.807, 2.05) is 13.8 Å². The summed E-state index contributed by atoms with van der Waals surface area (Å²) in [5.41, 5.74) is 2.01. The van der Waals surface area contributed by atoms with Crippen molar-refractivity contribution in [2.24, 2.45) is 7.05 Å². The number of amides is 1. The lowest BCUT2D eigenvalue weighted by molar-refractivity contribution is 0.0378. The molecular weight excluding hydrogens is 326 g/mol. The lowest BCUT2D eigenvalue weighted by atomic mass is 9.95.